The predicted octanol–water partition coefficient (Wildman–Crippen LogP) is 4.37. The van der Waals surface area contributed by atoms with Crippen LogP contribution in [-0.2, 0) is 16.0 Å². The van der Waals surface area contributed by atoms with E-state index < -0.39 is 23.6 Å². The molecule has 2 atom stereocenters. The summed E-state index contributed by atoms with van der Waals surface area (Å²) in [6.45, 7) is 5.14. The molecule has 1 heterocycles. The topological polar surface area (TPSA) is 88.5 Å². The first kappa shape index (κ1) is 21.4. The highest BCUT2D eigenvalue weighted by molar-refractivity contribution is 5.73. The van der Waals surface area contributed by atoms with Crippen molar-refractivity contribution in [2.24, 2.45) is 5.41 Å². The van der Waals surface area contributed by atoms with E-state index in [1.807, 2.05) is 55.5 Å². The third-order valence-electron chi connectivity index (χ3n) is 4.68. The number of hydrogen-bond donors (Lipinski definition) is 2. The van der Waals surface area contributed by atoms with Gasteiger partial charge in [0.1, 0.15) is 6.10 Å². The average molecular weight is 384 g/mol. The Morgan fingerprint density at radius 1 is 1.14 bits per heavy atom. The summed E-state index contributed by atoms with van der Waals surface area (Å²) in [5.74, 6) is -0.910. The molecule has 1 aromatic heterocycles. The minimum absolute atomic E-state index is 0.252. The lowest BCUT2D eigenvalue weighted by Gasteiger charge is -2.26. The smallest absolute Gasteiger partial charge is 0.407 e. The summed E-state index contributed by atoms with van der Waals surface area (Å²) >= 11 is 0. The largest absolute Gasteiger partial charge is 0.481 e. The highest BCUT2D eigenvalue weighted by Gasteiger charge is 2.32. The zero-order chi connectivity index (χ0) is 20.6. The van der Waals surface area contributed by atoms with Crippen molar-refractivity contribution in [1.82, 2.24) is 10.3 Å². The summed E-state index contributed by atoms with van der Waals surface area (Å²) in [6.07, 6.45) is 2.01. The summed E-state index contributed by atoms with van der Waals surface area (Å²) < 4.78 is 5.54. The number of benzene rings is 1. The highest BCUT2D eigenvalue weighted by Crippen LogP contribution is 2.26. The van der Waals surface area contributed by atoms with Crippen LogP contribution in [0.4, 0.5) is 4.79 Å². The number of pyridine rings is 1. The van der Waals surface area contributed by atoms with Gasteiger partial charge in [-0.15, -0.1) is 0 Å². The van der Waals surface area contributed by atoms with E-state index >= 15 is 0 Å². The summed E-state index contributed by atoms with van der Waals surface area (Å²) in [5.41, 5.74) is 0.841. The van der Waals surface area contributed by atoms with E-state index in [4.69, 9.17) is 4.74 Å². The number of ether oxygens (including phenoxy) is 1. The third kappa shape index (κ3) is 6.37. The first-order chi connectivity index (χ1) is 13.3. The Bertz CT molecular complexity index is 763. The molecule has 28 heavy (non-hydrogen) atoms. The fourth-order valence-electron chi connectivity index (χ4n) is 2.92. The number of nitrogens with one attached hydrogen (secondary N) is 1. The Morgan fingerprint density at radius 2 is 1.82 bits per heavy atom. The van der Waals surface area contributed by atoms with Crippen LogP contribution < -0.4 is 5.32 Å². The monoisotopic (exact) mass is 384 g/mol. The Morgan fingerprint density at radius 3 is 2.39 bits per heavy atom. The number of amides is 1. The molecule has 1 aromatic carbocycles. The van der Waals surface area contributed by atoms with Gasteiger partial charge in [0.05, 0.1) is 11.5 Å². The molecule has 0 aliphatic carbocycles. The van der Waals surface area contributed by atoms with Crippen LogP contribution in [-0.4, -0.2) is 28.3 Å². The van der Waals surface area contributed by atoms with Gasteiger partial charge in [0.2, 0.25) is 0 Å². The molecule has 0 aliphatic heterocycles. The number of nitrogens with zero attached hydrogens (tertiary/aromatic N) is 1. The van der Waals surface area contributed by atoms with E-state index in [2.05, 4.69) is 10.3 Å². The van der Waals surface area contributed by atoms with E-state index in [9.17, 15) is 14.7 Å². The van der Waals surface area contributed by atoms with Gasteiger partial charge in [-0.2, -0.15) is 0 Å². The van der Waals surface area contributed by atoms with Gasteiger partial charge >= 0.3 is 12.1 Å². The van der Waals surface area contributed by atoms with Gasteiger partial charge in [0, 0.05) is 18.3 Å². The lowest BCUT2D eigenvalue weighted by Crippen LogP contribution is -2.36. The molecule has 0 aliphatic rings. The Balaban J connectivity index is 2.08. The molecule has 6 nitrogen and oxygen atoms in total. The first-order valence-electron chi connectivity index (χ1n) is 9.47. The van der Waals surface area contributed by atoms with Crippen molar-refractivity contribution in [2.75, 3.05) is 0 Å². The molecule has 0 bridgehead atoms. The minimum Gasteiger partial charge on any atom is -0.481 e. The molecule has 1 amide bonds. The molecule has 0 radical (unpaired) electrons. The highest BCUT2D eigenvalue weighted by atomic mass is 16.6. The second-order valence-electron chi connectivity index (χ2n) is 7.46. The van der Waals surface area contributed by atoms with Crippen LogP contribution in [0.25, 0.3) is 0 Å². The van der Waals surface area contributed by atoms with Crippen LogP contribution in [0, 0.1) is 5.41 Å². The number of carboxylic acids is 1. The number of carbonyl (C=O) groups excluding carboxylic acids is 1. The molecule has 0 saturated heterocycles. The van der Waals surface area contributed by atoms with Crippen molar-refractivity contribution >= 4 is 12.1 Å². The quantitative estimate of drug-likeness (QED) is 0.670. The number of alkyl carbamates (subject to hydrolysis) is 1. The summed E-state index contributed by atoms with van der Waals surface area (Å²) in [4.78, 5) is 28.2. The molecule has 0 saturated carbocycles. The number of rotatable bonds is 9. The van der Waals surface area contributed by atoms with Crippen molar-refractivity contribution < 1.29 is 19.4 Å². The molecule has 6 heteroatoms. The molecular weight excluding hydrogens is 356 g/mol. The summed E-state index contributed by atoms with van der Waals surface area (Å²) in [7, 11) is 0. The zero-order valence-corrected chi connectivity index (χ0v) is 16.6. The second kappa shape index (κ2) is 9.88. The van der Waals surface area contributed by atoms with Crippen molar-refractivity contribution in [3.8, 4) is 0 Å². The predicted molar refractivity (Wildman–Crippen MR) is 107 cm³/mol. The first-order valence-corrected chi connectivity index (χ1v) is 9.47. The number of carboxylic acid groups (broad SMARTS) is 1. The van der Waals surface area contributed by atoms with E-state index in [0.29, 0.717) is 12.8 Å². The summed E-state index contributed by atoms with van der Waals surface area (Å²) in [6, 6.07) is 15.0. The molecule has 0 fully saturated rings. The van der Waals surface area contributed by atoms with Gasteiger partial charge in [-0.25, -0.2) is 4.79 Å². The number of hydrogen-bond acceptors (Lipinski definition) is 4. The molecule has 2 N–H and O–H groups in total. The van der Waals surface area contributed by atoms with Gasteiger partial charge < -0.3 is 15.2 Å². The Labute approximate surface area is 166 Å². The standard InChI is InChI=1S/C22H28N2O4/c1-4-18(15-22(2,3)20(25)26)28-21(27)24-19(16-10-6-5-7-11-16)14-17-12-8-9-13-23-17/h5-13,18-19H,4,14-15H2,1-3H3,(H,24,27)(H,25,26). The molecule has 150 valence electrons. The van der Waals surface area contributed by atoms with Gasteiger partial charge in [-0.1, -0.05) is 43.3 Å². The van der Waals surface area contributed by atoms with E-state index in [1.54, 1.807) is 20.0 Å². The fourth-order valence-corrected chi connectivity index (χ4v) is 2.92. The fraction of sp³-hybridized carbons (Fsp3) is 0.409. The number of aliphatic carboxylic acids is 1. The van der Waals surface area contributed by atoms with Crippen molar-refractivity contribution in [3.63, 3.8) is 0 Å². The average Bonchev–Trinajstić information content (AvgIpc) is 2.68. The molecule has 2 unspecified atom stereocenters. The van der Waals surface area contributed by atoms with Crippen LogP contribution in [0.1, 0.15) is 50.9 Å². The number of aromatic nitrogens is 1. The van der Waals surface area contributed by atoms with Crippen LogP contribution in [0.15, 0.2) is 54.7 Å². The second-order valence-corrected chi connectivity index (χ2v) is 7.46. The molecular formula is C22H28N2O4. The lowest BCUT2D eigenvalue weighted by atomic mass is 9.86. The van der Waals surface area contributed by atoms with Crippen LogP contribution in [0.3, 0.4) is 0 Å². The van der Waals surface area contributed by atoms with Crippen molar-refractivity contribution in [3.05, 3.63) is 66.0 Å². The van der Waals surface area contributed by atoms with E-state index in [1.165, 1.54) is 0 Å². The number of carbonyl (C=O) groups is 2. The summed E-state index contributed by atoms with van der Waals surface area (Å²) in [5, 5.41) is 12.2. The lowest BCUT2D eigenvalue weighted by molar-refractivity contribution is -0.148. The van der Waals surface area contributed by atoms with E-state index in [-0.39, 0.29) is 12.5 Å². The van der Waals surface area contributed by atoms with Gasteiger partial charge in [0.15, 0.2) is 0 Å². The normalized spacial score (nSPS) is 13.4. The molecule has 2 aromatic rings. The van der Waals surface area contributed by atoms with Gasteiger partial charge in [-0.3, -0.25) is 9.78 Å². The third-order valence-corrected chi connectivity index (χ3v) is 4.68. The molecule has 0 spiro atoms. The van der Waals surface area contributed by atoms with Gasteiger partial charge in [-0.05, 0) is 44.4 Å². The van der Waals surface area contributed by atoms with Crippen molar-refractivity contribution in [1.29, 1.82) is 0 Å². The van der Waals surface area contributed by atoms with Gasteiger partial charge in [0.25, 0.3) is 0 Å². The zero-order valence-electron chi connectivity index (χ0n) is 16.6. The maximum Gasteiger partial charge on any atom is 0.407 e. The van der Waals surface area contributed by atoms with Crippen molar-refractivity contribution in [2.45, 2.75) is 52.2 Å². The Kier molecular flexibility index (Phi) is 7.55. The van der Waals surface area contributed by atoms with Crippen LogP contribution in [0.2, 0.25) is 0 Å². The minimum atomic E-state index is -0.965. The van der Waals surface area contributed by atoms with Crippen LogP contribution >= 0.6 is 0 Å². The Hall–Kier alpha value is -2.89. The van der Waals surface area contributed by atoms with Crippen LogP contribution in [0.5, 0.6) is 0 Å². The maximum atomic E-state index is 12.5. The molecule has 2 rings (SSSR count). The maximum absolute atomic E-state index is 12.5. The SMILES string of the molecule is CCC(CC(C)(C)C(=O)O)OC(=O)NC(Cc1ccccn1)c1ccccc1. The van der Waals surface area contributed by atoms with E-state index in [0.717, 1.165) is 11.3 Å².